The van der Waals surface area contributed by atoms with Gasteiger partial charge in [-0.15, -0.1) is 0 Å². The molecule has 1 atom stereocenters. The summed E-state index contributed by atoms with van der Waals surface area (Å²) in [6, 6.07) is 7.20. The number of aryl methyl sites for hydroxylation is 1. The van der Waals surface area contributed by atoms with Gasteiger partial charge in [-0.2, -0.15) is 0 Å². The number of ether oxygens (including phenoxy) is 1. The van der Waals surface area contributed by atoms with E-state index in [4.69, 9.17) is 5.73 Å². The molecule has 0 unspecified atom stereocenters. The van der Waals surface area contributed by atoms with Crippen LogP contribution in [-0.4, -0.2) is 29.1 Å². The van der Waals surface area contributed by atoms with Crippen LogP contribution in [0.2, 0.25) is 0 Å². The van der Waals surface area contributed by atoms with Gasteiger partial charge in [0.05, 0.1) is 18.1 Å². The highest BCUT2D eigenvalue weighted by molar-refractivity contribution is 5.76. The second-order valence-electron chi connectivity index (χ2n) is 3.87. The van der Waals surface area contributed by atoms with Gasteiger partial charge in [-0.3, -0.25) is 4.79 Å². The fourth-order valence-electron chi connectivity index (χ4n) is 1.69. The summed E-state index contributed by atoms with van der Waals surface area (Å²) in [6.07, 6.45) is 1.15. The number of nitrogens with zero attached hydrogens (tertiary/aromatic N) is 1. The fraction of sp³-hybridized carbons (Fsp3) is 0.333. The molecular formula is C12H15N3O2. The normalized spacial score (nSPS) is 12.6. The number of rotatable bonds is 4. The minimum Gasteiger partial charge on any atom is -0.468 e. The van der Waals surface area contributed by atoms with Crippen molar-refractivity contribution in [1.82, 2.24) is 9.97 Å². The molecule has 0 aliphatic carbocycles. The zero-order valence-electron chi connectivity index (χ0n) is 9.64. The second-order valence-corrected chi connectivity index (χ2v) is 3.87. The van der Waals surface area contributed by atoms with E-state index in [-0.39, 0.29) is 5.97 Å². The van der Waals surface area contributed by atoms with Crippen LogP contribution in [0, 0.1) is 0 Å². The number of H-pyrrole nitrogens is 1. The quantitative estimate of drug-likeness (QED) is 0.772. The van der Waals surface area contributed by atoms with E-state index in [1.165, 1.54) is 7.11 Å². The van der Waals surface area contributed by atoms with E-state index in [2.05, 4.69) is 14.7 Å². The number of hydrogen-bond acceptors (Lipinski definition) is 4. The number of carbonyl (C=O) groups excluding carboxylic acids is 1. The Bertz CT molecular complexity index is 488. The summed E-state index contributed by atoms with van der Waals surface area (Å²) < 4.78 is 4.56. The third-order valence-corrected chi connectivity index (χ3v) is 2.63. The SMILES string of the molecule is COC(=O)[C@@H](N)CCc1nc2ccccc2[nH]1. The van der Waals surface area contributed by atoms with Crippen LogP contribution in [0.5, 0.6) is 0 Å². The van der Waals surface area contributed by atoms with Crippen molar-refractivity contribution in [2.75, 3.05) is 7.11 Å². The Morgan fingerprint density at radius 2 is 2.29 bits per heavy atom. The molecule has 0 aliphatic heterocycles. The number of fused-ring (bicyclic) bond motifs is 1. The van der Waals surface area contributed by atoms with E-state index in [0.29, 0.717) is 12.8 Å². The first-order valence-corrected chi connectivity index (χ1v) is 5.47. The number of hydrogen-bond donors (Lipinski definition) is 2. The first-order valence-electron chi connectivity index (χ1n) is 5.47. The zero-order chi connectivity index (χ0) is 12.3. The molecular weight excluding hydrogens is 218 g/mol. The minimum absolute atomic E-state index is 0.388. The lowest BCUT2D eigenvalue weighted by atomic mass is 10.1. The molecule has 0 bridgehead atoms. The number of nitrogens with one attached hydrogen (secondary N) is 1. The summed E-state index contributed by atoms with van der Waals surface area (Å²) in [6.45, 7) is 0. The number of para-hydroxylation sites is 2. The van der Waals surface area contributed by atoms with E-state index >= 15 is 0 Å². The largest absolute Gasteiger partial charge is 0.468 e. The summed E-state index contributed by atoms with van der Waals surface area (Å²) in [4.78, 5) is 18.7. The number of aromatic nitrogens is 2. The number of esters is 1. The number of benzene rings is 1. The van der Waals surface area contributed by atoms with Crippen LogP contribution >= 0.6 is 0 Å². The van der Waals surface area contributed by atoms with Gasteiger partial charge in [0.25, 0.3) is 0 Å². The number of carbonyl (C=O) groups is 1. The van der Waals surface area contributed by atoms with Crippen molar-refractivity contribution >= 4 is 17.0 Å². The zero-order valence-corrected chi connectivity index (χ0v) is 9.64. The maximum Gasteiger partial charge on any atom is 0.322 e. The first kappa shape index (κ1) is 11.6. The Balaban J connectivity index is 2.01. The third-order valence-electron chi connectivity index (χ3n) is 2.63. The molecule has 0 amide bonds. The van der Waals surface area contributed by atoms with Gasteiger partial charge in [-0.25, -0.2) is 4.98 Å². The third kappa shape index (κ3) is 2.62. The molecule has 17 heavy (non-hydrogen) atoms. The van der Waals surface area contributed by atoms with Crippen molar-refractivity contribution in [2.45, 2.75) is 18.9 Å². The Kier molecular flexibility index (Phi) is 3.39. The molecule has 5 heteroatoms. The molecule has 1 aromatic carbocycles. The summed E-state index contributed by atoms with van der Waals surface area (Å²) in [5.41, 5.74) is 7.57. The molecule has 2 aromatic rings. The lowest BCUT2D eigenvalue weighted by molar-refractivity contribution is -0.142. The van der Waals surface area contributed by atoms with Gasteiger partial charge in [-0.05, 0) is 18.6 Å². The Labute approximate surface area is 99.0 Å². The van der Waals surface area contributed by atoms with Crippen molar-refractivity contribution in [3.05, 3.63) is 30.1 Å². The fourth-order valence-corrected chi connectivity index (χ4v) is 1.69. The van der Waals surface area contributed by atoms with Crippen LogP contribution < -0.4 is 5.73 Å². The minimum atomic E-state index is -0.590. The van der Waals surface area contributed by atoms with Gasteiger partial charge in [0, 0.05) is 6.42 Å². The first-order chi connectivity index (χ1) is 8.20. The Morgan fingerprint density at radius 1 is 1.53 bits per heavy atom. The molecule has 3 N–H and O–H groups in total. The van der Waals surface area contributed by atoms with Gasteiger partial charge >= 0.3 is 5.97 Å². The monoisotopic (exact) mass is 233 g/mol. The topological polar surface area (TPSA) is 81.0 Å². The van der Waals surface area contributed by atoms with Crippen LogP contribution in [0.25, 0.3) is 11.0 Å². The van der Waals surface area contributed by atoms with Crippen molar-refractivity contribution in [3.8, 4) is 0 Å². The molecule has 0 spiro atoms. The standard InChI is InChI=1S/C12H15N3O2/c1-17-12(16)8(13)6-7-11-14-9-4-2-3-5-10(9)15-11/h2-5,8H,6-7,13H2,1H3,(H,14,15)/t8-/m0/s1. The molecule has 1 heterocycles. The Morgan fingerprint density at radius 3 is 3.00 bits per heavy atom. The van der Waals surface area contributed by atoms with Crippen molar-refractivity contribution < 1.29 is 9.53 Å². The highest BCUT2D eigenvalue weighted by Gasteiger charge is 2.14. The highest BCUT2D eigenvalue weighted by Crippen LogP contribution is 2.11. The second kappa shape index (κ2) is 4.97. The molecule has 0 saturated heterocycles. The van der Waals surface area contributed by atoms with Gasteiger partial charge in [0.1, 0.15) is 11.9 Å². The van der Waals surface area contributed by atoms with Gasteiger partial charge in [0.15, 0.2) is 0 Å². The van der Waals surface area contributed by atoms with E-state index in [1.54, 1.807) is 0 Å². The van der Waals surface area contributed by atoms with Gasteiger partial charge in [0.2, 0.25) is 0 Å². The lowest BCUT2D eigenvalue weighted by Gasteiger charge is -2.06. The molecule has 2 rings (SSSR count). The van der Waals surface area contributed by atoms with Gasteiger partial charge < -0.3 is 15.5 Å². The van der Waals surface area contributed by atoms with Crippen LogP contribution in [-0.2, 0) is 16.0 Å². The number of aromatic amines is 1. The molecule has 0 saturated carbocycles. The van der Waals surface area contributed by atoms with Gasteiger partial charge in [-0.1, -0.05) is 12.1 Å². The summed E-state index contributed by atoms with van der Waals surface area (Å²) in [5, 5.41) is 0. The van der Waals surface area contributed by atoms with Crippen molar-refractivity contribution in [2.24, 2.45) is 5.73 Å². The van der Waals surface area contributed by atoms with Crippen LogP contribution in [0.3, 0.4) is 0 Å². The maximum atomic E-state index is 11.1. The smallest absolute Gasteiger partial charge is 0.322 e. The molecule has 1 aromatic heterocycles. The van der Waals surface area contributed by atoms with Crippen LogP contribution in [0.15, 0.2) is 24.3 Å². The lowest BCUT2D eigenvalue weighted by Crippen LogP contribution is -2.32. The Hall–Kier alpha value is -1.88. The molecule has 5 nitrogen and oxygen atoms in total. The predicted molar refractivity (Wildman–Crippen MR) is 64.4 cm³/mol. The molecule has 0 radical (unpaired) electrons. The van der Waals surface area contributed by atoms with E-state index in [0.717, 1.165) is 16.9 Å². The van der Waals surface area contributed by atoms with E-state index < -0.39 is 6.04 Å². The maximum absolute atomic E-state index is 11.1. The number of imidazole rings is 1. The van der Waals surface area contributed by atoms with E-state index in [9.17, 15) is 4.79 Å². The van der Waals surface area contributed by atoms with Crippen LogP contribution in [0.1, 0.15) is 12.2 Å². The summed E-state index contributed by atoms with van der Waals surface area (Å²) in [5.74, 6) is 0.451. The predicted octanol–water partition coefficient (Wildman–Crippen LogP) is 0.996. The number of nitrogens with two attached hydrogens (primary N) is 1. The average molecular weight is 233 g/mol. The van der Waals surface area contributed by atoms with E-state index in [1.807, 2.05) is 24.3 Å². The molecule has 0 fully saturated rings. The molecule has 90 valence electrons. The molecule has 0 aliphatic rings. The summed E-state index contributed by atoms with van der Waals surface area (Å²) in [7, 11) is 1.34. The van der Waals surface area contributed by atoms with Crippen molar-refractivity contribution in [3.63, 3.8) is 0 Å². The average Bonchev–Trinajstić information content (AvgIpc) is 2.77. The summed E-state index contributed by atoms with van der Waals surface area (Å²) >= 11 is 0. The van der Waals surface area contributed by atoms with Crippen molar-refractivity contribution in [1.29, 1.82) is 0 Å². The highest BCUT2D eigenvalue weighted by atomic mass is 16.5. The number of methoxy groups -OCH3 is 1. The van der Waals surface area contributed by atoms with Crippen LogP contribution in [0.4, 0.5) is 0 Å².